The highest BCUT2D eigenvalue weighted by atomic mass is 32.2. The predicted molar refractivity (Wildman–Crippen MR) is 125 cm³/mol. The zero-order valence-electron chi connectivity index (χ0n) is 17.5. The lowest BCUT2D eigenvalue weighted by atomic mass is 10.3. The van der Waals surface area contributed by atoms with E-state index >= 15 is 0 Å². The molecule has 0 saturated heterocycles. The summed E-state index contributed by atoms with van der Waals surface area (Å²) in [5, 5.41) is 10.5. The van der Waals surface area contributed by atoms with Crippen LogP contribution < -0.4 is 14.9 Å². The smallest absolute Gasteiger partial charge is 0.285 e. The van der Waals surface area contributed by atoms with Gasteiger partial charge in [0.1, 0.15) is 6.54 Å². The number of nitrogens with one attached hydrogen (secondary N) is 3. The minimum absolute atomic E-state index is 0.0685. The molecule has 9 nitrogen and oxygen atoms in total. The quantitative estimate of drug-likeness (QED) is 0.413. The number of fused-ring (bicyclic) bond motifs is 1. The average molecular weight is 460 g/mol. The van der Waals surface area contributed by atoms with Crippen molar-refractivity contribution in [1.29, 1.82) is 0 Å². The third kappa shape index (κ3) is 5.49. The monoisotopic (exact) mass is 459 g/mol. The van der Waals surface area contributed by atoms with Crippen LogP contribution in [-0.2, 0) is 10.0 Å². The van der Waals surface area contributed by atoms with Crippen LogP contribution in [0.1, 0.15) is 19.5 Å². The molecule has 31 heavy (non-hydrogen) atoms. The van der Waals surface area contributed by atoms with Crippen molar-refractivity contribution in [3.8, 4) is 0 Å². The second kappa shape index (κ2) is 8.77. The fourth-order valence-corrected chi connectivity index (χ4v) is 5.52. The van der Waals surface area contributed by atoms with Crippen molar-refractivity contribution in [2.75, 3.05) is 22.3 Å². The van der Waals surface area contributed by atoms with Gasteiger partial charge in [0.15, 0.2) is 12.0 Å². The molecule has 4 rings (SSSR count). The number of nitrogens with zero attached hydrogens (tertiary/aromatic N) is 4. The third-order valence-corrected chi connectivity index (χ3v) is 7.01. The summed E-state index contributed by atoms with van der Waals surface area (Å²) < 4.78 is 29.0. The molecule has 0 unspecified atom stereocenters. The first kappa shape index (κ1) is 21.5. The molecule has 1 aromatic heterocycles. The third-order valence-electron chi connectivity index (χ3n) is 4.41. The summed E-state index contributed by atoms with van der Waals surface area (Å²) in [5.41, 5.74) is 1.53. The Hall–Kier alpha value is -2.76. The fraction of sp³-hybridized carbons (Fsp3) is 0.300. The molecular weight excluding hydrogens is 434 g/mol. The minimum Gasteiger partial charge on any atom is -0.300 e. The summed E-state index contributed by atoms with van der Waals surface area (Å²) in [7, 11) is -3.34. The SMILES string of the molecule is Cc1cc(NC2=CN(Sc3ccc(NS(=O)(=O)CC(C)C)cc3)CC3=NC=C[N+]23)n[nH]1. The highest BCUT2D eigenvalue weighted by molar-refractivity contribution is 7.97. The first-order valence-corrected chi connectivity index (χ1v) is 12.3. The van der Waals surface area contributed by atoms with E-state index in [1.807, 2.05) is 56.3 Å². The molecule has 163 valence electrons. The number of H-pyrrole nitrogens is 1. The van der Waals surface area contributed by atoms with Crippen molar-refractivity contribution in [3.05, 3.63) is 60.4 Å². The fourth-order valence-electron chi connectivity index (χ4n) is 3.20. The molecule has 0 spiro atoms. The Morgan fingerprint density at radius 3 is 2.74 bits per heavy atom. The molecule has 0 bridgehead atoms. The number of benzene rings is 1. The van der Waals surface area contributed by atoms with Crippen LogP contribution in [0.3, 0.4) is 0 Å². The van der Waals surface area contributed by atoms with E-state index in [4.69, 9.17) is 0 Å². The van der Waals surface area contributed by atoms with Gasteiger partial charge in [-0.05, 0) is 54.0 Å². The van der Waals surface area contributed by atoms with Gasteiger partial charge in [-0.15, -0.1) is 0 Å². The molecule has 1 radical (unpaired) electrons. The minimum atomic E-state index is -3.34. The van der Waals surface area contributed by atoms with Gasteiger partial charge in [0.2, 0.25) is 10.0 Å². The Kier molecular flexibility index (Phi) is 6.08. The zero-order chi connectivity index (χ0) is 22.0. The van der Waals surface area contributed by atoms with E-state index in [1.165, 1.54) is 0 Å². The van der Waals surface area contributed by atoms with Crippen molar-refractivity contribution in [2.45, 2.75) is 25.7 Å². The molecule has 2 aromatic rings. The van der Waals surface area contributed by atoms with Crippen molar-refractivity contribution in [3.63, 3.8) is 0 Å². The van der Waals surface area contributed by atoms with Crippen LogP contribution in [0, 0.1) is 12.8 Å². The Balaban J connectivity index is 1.45. The molecule has 2 aliphatic heterocycles. The van der Waals surface area contributed by atoms with Crippen LogP contribution in [0.2, 0.25) is 0 Å². The van der Waals surface area contributed by atoms with Crippen LogP contribution >= 0.6 is 11.9 Å². The number of aryl methyl sites for hydroxylation is 1. The Labute approximate surface area is 186 Å². The zero-order valence-corrected chi connectivity index (χ0v) is 19.2. The summed E-state index contributed by atoms with van der Waals surface area (Å²) in [6.07, 6.45) is 5.68. The summed E-state index contributed by atoms with van der Waals surface area (Å²) in [5.74, 6) is 2.64. The number of amidine groups is 1. The van der Waals surface area contributed by atoms with Crippen LogP contribution in [-0.4, -0.2) is 41.1 Å². The van der Waals surface area contributed by atoms with E-state index in [1.54, 1.807) is 30.3 Å². The molecule has 2 aliphatic rings. The number of hydrogen-bond donors (Lipinski definition) is 3. The number of aliphatic imine (C=N–C) groups is 1. The van der Waals surface area contributed by atoms with Crippen molar-refractivity contribution >= 4 is 39.3 Å². The van der Waals surface area contributed by atoms with E-state index in [-0.39, 0.29) is 11.7 Å². The normalized spacial score (nSPS) is 16.3. The Morgan fingerprint density at radius 1 is 1.29 bits per heavy atom. The number of aromatic nitrogens is 2. The highest BCUT2D eigenvalue weighted by Crippen LogP contribution is 2.29. The van der Waals surface area contributed by atoms with Crippen molar-refractivity contribution in [1.82, 2.24) is 19.4 Å². The number of hydrogen-bond acceptors (Lipinski definition) is 8. The second-order valence-electron chi connectivity index (χ2n) is 7.76. The Morgan fingerprint density at radius 2 is 2.06 bits per heavy atom. The maximum Gasteiger partial charge on any atom is 0.285 e. The molecule has 0 amide bonds. The maximum absolute atomic E-state index is 12.1. The number of aromatic amines is 1. The molecular formula is C20H25N7O2S2+. The first-order valence-electron chi connectivity index (χ1n) is 9.86. The van der Waals surface area contributed by atoms with Crippen molar-refractivity contribution < 1.29 is 8.42 Å². The number of anilines is 2. The molecule has 1 aromatic carbocycles. The van der Waals surface area contributed by atoms with E-state index in [2.05, 4.69) is 29.5 Å². The molecule has 0 saturated carbocycles. The lowest BCUT2D eigenvalue weighted by Gasteiger charge is -2.24. The summed E-state index contributed by atoms with van der Waals surface area (Å²) >= 11 is 1.55. The molecule has 3 heterocycles. The van der Waals surface area contributed by atoms with Gasteiger partial charge < -0.3 is 0 Å². The molecule has 3 N–H and O–H groups in total. The lowest BCUT2D eigenvalue weighted by molar-refractivity contribution is 0.587. The maximum atomic E-state index is 12.1. The standard InChI is InChI=1S/C20H25N7O2S2/c1-14(2)13-31(28,29)25-16-4-6-17(7-5-16)30-26-11-19-21-8-9-27(19)20(12-26)22-18-10-15(3)23-24-18/h4-10,12,14,25H,11,13H2,1-3H3,(H2,22,23,24)/q+1. The topological polar surface area (TPSA) is 108 Å². The largest absolute Gasteiger partial charge is 0.300 e. The highest BCUT2D eigenvalue weighted by Gasteiger charge is 2.37. The lowest BCUT2D eigenvalue weighted by Crippen LogP contribution is -2.42. The molecule has 0 aliphatic carbocycles. The number of sulfonamides is 1. The van der Waals surface area contributed by atoms with Gasteiger partial charge in [0, 0.05) is 22.3 Å². The molecule has 0 fully saturated rings. The first-order chi connectivity index (χ1) is 14.8. The van der Waals surface area contributed by atoms with Gasteiger partial charge in [0.25, 0.3) is 11.7 Å². The van der Waals surface area contributed by atoms with Gasteiger partial charge in [-0.1, -0.05) is 13.8 Å². The summed E-state index contributed by atoms with van der Waals surface area (Å²) in [6.45, 7) is 6.34. The molecule has 11 heteroatoms. The predicted octanol–water partition coefficient (Wildman–Crippen LogP) is 3.37. The van der Waals surface area contributed by atoms with Gasteiger partial charge in [-0.25, -0.2) is 8.42 Å². The summed E-state index contributed by atoms with van der Waals surface area (Å²) in [4.78, 5) is 7.42. The second-order valence-corrected chi connectivity index (χ2v) is 10.6. The summed E-state index contributed by atoms with van der Waals surface area (Å²) in [6, 6.07) is 9.29. The average Bonchev–Trinajstić information content (AvgIpc) is 3.31. The number of rotatable bonds is 8. The van der Waals surface area contributed by atoms with Crippen molar-refractivity contribution in [2.24, 2.45) is 10.9 Å². The van der Waals surface area contributed by atoms with Crippen LogP contribution in [0.25, 0.3) is 0 Å². The van der Waals surface area contributed by atoms with Crippen LogP contribution in [0.4, 0.5) is 11.5 Å². The Bertz CT molecular complexity index is 1130. The van der Waals surface area contributed by atoms with E-state index in [0.29, 0.717) is 12.2 Å². The van der Waals surface area contributed by atoms with Gasteiger partial charge in [-0.3, -0.25) is 19.4 Å². The van der Waals surface area contributed by atoms with E-state index < -0.39 is 10.0 Å². The van der Waals surface area contributed by atoms with Gasteiger partial charge >= 0.3 is 0 Å². The van der Waals surface area contributed by atoms with Crippen LogP contribution in [0.5, 0.6) is 0 Å². The van der Waals surface area contributed by atoms with Gasteiger partial charge in [-0.2, -0.15) is 10.1 Å². The van der Waals surface area contributed by atoms with E-state index in [9.17, 15) is 8.42 Å². The van der Waals surface area contributed by atoms with Crippen LogP contribution in [0.15, 0.2) is 64.6 Å². The van der Waals surface area contributed by atoms with E-state index in [0.717, 1.165) is 28.1 Å². The van der Waals surface area contributed by atoms with Gasteiger partial charge in [0.05, 0.1) is 18.2 Å². The molecule has 0 atom stereocenters.